The van der Waals surface area contributed by atoms with Gasteiger partial charge in [0.1, 0.15) is 48.2 Å². The molecular formula is C17H24O9S. The summed E-state index contributed by atoms with van der Waals surface area (Å²) in [5, 5.41) is 59.8. The van der Waals surface area contributed by atoms with Crippen LogP contribution in [0, 0.1) is 0 Å². The van der Waals surface area contributed by atoms with E-state index in [0.717, 1.165) is 4.90 Å². The molecule has 0 spiro atoms. The fourth-order valence-electron chi connectivity index (χ4n) is 3.01. The lowest BCUT2D eigenvalue weighted by molar-refractivity contribution is -0.332. The van der Waals surface area contributed by atoms with Gasteiger partial charge in [0.15, 0.2) is 6.29 Å². The van der Waals surface area contributed by atoms with Gasteiger partial charge < -0.3 is 44.8 Å². The van der Waals surface area contributed by atoms with Gasteiger partial charge in [-0.2, -0.15) is 0 Å². The Morgan fingerprint density at radius 1 is 0.963 bits per heavy atom. The number of hydrogen-bond acceptors (Lipinski definition) is 10. The molecule has 0 aromatic heterocycles. The van der Waals surface area contributed by atoms with Gasteiger partial charge in [-0.05, 0) is 12.1 Å². The summed E-state index contributed by atoms with van der Waals surface area (Å²) in [4.78, 5) is 0.851. The molecule has 9 atom stereocenters. The molecule has 1 aromatic rings. The Morgan fingerprint density at radius 3 is 2.33 bits per heavy atom. The summed E-state index contributed by atoms with van der Waals surface area (Å²) in [7, 11) is 0. The zero-order valence-electron chi connectivity index (χ0n) is 14.3. The Balaban J connectivity index is 1.68. The Kier molecular flexibility index (Phi) is 7.08. The zero-order chi connectivity index (χ0) is 19.6. The van der Waals surface area contributed by atoms with Gasteiger partial charge in [-0.25, -0.2) is 0 Å². The Bertz CT molecular complexity index is 589. The molecule has 10 heteroatoms. The van der Waals surface area contributed by atoms with Gasteiger partial charge in [-0.1, -0.05) is 30.0 Å². The molecular weight excluding hydrogens is 380 g/mol. The van der Waals surface area contributed by atoms with Crippen LogP contribution in [0.3, 0.4) is 0 Å². The maximum atomic E-state index is 10.6. The highest BCUT2D eigenvalue weighted by molar-refractivity contribution is 7.99. The van der Waals surface area contributed by atoms with Crippen molar-refractivity contribution in [3.8, 4) is 0 Å². The van der Waals surface area contributed by atoms with E-state index in [0.29, 0.717) is 0 Å². The first-order valence-corrected chi connectivity index (χ1v) is 9.45. The van der Waals surface area contributed by atoms with Gasteiger partial charge in [0.25, 0.3) is 0 Å². The summed E-state index contributed by atoms with van der Waals surface area (Å²) in [6.45, 7) is -0.709. The second kappa shape index (κ2) is 9.14. The van der Waals surface area contributed by atoms with Crippen LogP contribution in [-0.2, 0) is 14.2 Å². The lowest BCUT2D eigenvalue weighted by Crippen LogP contribution is -2.62. The molecule has 0 aliphatic carbocycles. The quantitative estimate of drug-likeness (QED) is 0.327. The largest absolute Gasteiger partial charge is 0.394 e. The van der Waals surface area contributed by atoms with Crippen LogP contribution < -0.4 is 0 Å². The molecule has 9 nitrogen and oxygen atoms in total. The van der Waals surface area contributed by atoms with Crippen LogP contribution in [0.1, 0.15) is 0 Å². The standard InChI is InChI=1S/C17H24O9S/c18-6-10-11(20)12(21)13(22)16(25-10)26-15-9(19)7-24-17(14(15)23)27-8-4-2-1-3-5-8/h1-5,9-23H,6-7H2/t9-,10-,11+,12+,13-,14-,15+,16+,17+/m1/s1. The van der Waals surface area contributed by atoms with Gasteiger partial charge in [-0.3, -0.25) is 0 Å². The molecule has 152 valence electrons. The Labute approximate surface area is 160 Å². The number of thioether (sulfide) groups is 1. The minimum Gasteiger partial charge on any atom is -0.394 e. The minimum absolute atomic E-state index is 0.107. The number of hydrogen-bond donors (Lipinski definition) is 6. The second-order valence-electron chi connectivity index (χ2n) is 6.49. The van der Waals surface area contributed by atoms with Crippen molar-refractivity contribution in [1.29, 1.82) is 0 Å². The van der Waals surface area contributed by atoms with Crippen molar-refractivity contribution in [3.05, 3.63) is 30.3 Å². The average Bonchev–Trinajstić information content (AvgIpc) is 2.68. The van der Waals surface area contributed by atoms with E-state index < -0.39 is 61.1 Å². The molecule has 3 rings (SSSR count). The minimum atomic E-state index is -1.62. The number of aliphatic hydroxyl groups is 6. The van der Waals surface area contributed by atoms with Crippen molar-refractivity contribution < 1.29 is 44.8 Å². The Morgan fingerprint density at radius 2 is 1.67 bits per heavy atom. The highest BCUT2D eigenvalue weighted by Crippen LogP contribution is 2.33. The molecule has 0 saturated carbocycles. The van der Waals surface area contributed by atoms with E-state index in [9.17, 15) is 30.6 Å². The predicted molar refractivity (Wildman–Crippen MR) is 92.7 cm³/mol. The molecule has 0 amide bonds. The normalized spacial score (nSPS) is 42.8. The third-order valence-corrected chi connectivity index (χ3v) is 5.75. The van der Waals surface area contributed by atoms with Crippen LogP contribution in [0.15, 0.2) is 35.2 Å². The highest BCUT2D eigenvalue weighted by Gasteiger charge is 2.48. The molecule has 6 N–H and O–H groups in total. The van der Waals surface area contributed by atoms with Crippen LogP contribution >= 0.6 is 11.8 Å². The Hall–Kier alpha value is -0.790. The van der Waals surface area contributed by atoms with Crippen molar-refractivity contribution in [2.24, 2.45) is 0 Å². The van der Waals surface area contributed by atoms with Crippen LogP contribution in [0.5, 0.6) is 0 Å². The maximum Gasteiger partial charge on any atom is 0.187 e. The van der Waals surface area contributed by atoms with Crippen molar-refractivity contribution in [2.75, 3.05) is 13.2 Å². The SMILES string of the molecule is OC[C@H]1O[C@@H](O[C@@H]2[C@@H](O)[C@H](Sc3ccccc3)OC[C@H]2O)[C@H](O)[C@@H](O)[C@H]1O. The van der Waals surface area contributed by atoms with E-state index in [4.69, 9.17) is 14.2 Å². The van der Waals surface area contributed by atoms with Gasteiger partial charge in [-0.15, -0.1) is 0 Å². The molecule has 27 heavy (non-hydrogen) atoms. The average molecular weight is 404 g/mol. The summed E-state index contributed by atoms with van der Waals surface area (Å²) < 4.78 is 16.3. The fourth-order valence-corrected chi connectivity index (χ4v) is 4.04. The number of aliphatic hydroxyl groups excluding tert-OH is 6. The summed E-state index contributed by atoms with van der Waals surface area (Å²) >= 11 is 1.25. The fraction of sp³-hybridized carbons (Fsp3) is 0.647. The first kappa shape index (κ1) is 20.9. The van der Waals surface area contributed by atoms with E-state index in [1.54, 1.807) is 0 Å². The van der Waals surface area contributed by atoms with Crippen molar-refractivity contribution in [2.45, 2.75) is 59.3 Å². The van der Waals surface area contributed by atoms with E-state index in [1.807, 2.05) is 30.3 Å². The van der Waals surface area contributed by atoms with Gasteiger partial charge in [0, 0.05) is 4.90 Å². The van der Waals surface area contributed by atoms with E-state index in [-0.39, 0.29) is 6.61 Å². The summed E-state index contributed by atoms with van der Waals surface area (Å²) in [5.41, 5.74) is -0.731. The molecule has 2 aliphatic rings. The van der Waals surface area contributed by atoms with Crippen LogP contribution in [-0.4, -0.2) is 98.3 Å². The van der Waals surface area contributed by atoms with Gasteiger partial charge in [0.05, 0.1) is 13.2 Å². The lowest BCUT2D eigenvalue weighted by atomic mass is 9.99. The first-order chi connectivity index (χ1) is 12.9. The lowest BCUT2D eigenvalue weighted by Gasteiger charge is -2.44. The number of ether oxygens (including phenoxy) is 3. The van der Waals surface area contributed by atoms with E-state index in [1.165, 1.54) is 11.8 Å². The van der Waals surface area contributed by atoms with Crippen LogP contribution in [0.2, 0.25) is 0 Å². The smallest absolute Gasteiger partial charge is 0.187 e. The van der Waals surface area contributed by atoms with Gasteiger partial charge in [0.2, 0.25) is 0 Å². The third kappa shape index (κ3) is 4.62. The molecule has 2 saturated heterocycles. The van der Waals surface area contributed by atoms with E-state index in [2.05, 4.69) is 0 Å². The predicted octanol–water partition coefficient (Wildman–Crippen LogP) is -1.96. The van der Waals surface area contributed by atoms with Crippen molar-refractivity contribution in [1.82, 2.24) is 0 Å². The molecule has 2 aliphatic heterocycles. The number of benzene rings is 1. The maximum absolute atomic E-state index is 10.6. The van der Waals surface area contributed by atoms with Crippen LogP contribution in [0.4, 0.5) is 0 Å². The topological polar surface area (TPSA) is 149 Å². The van der Waals surface area contributed by atoms with Crippen molar-refractivity contribution in [3.63, 3.8) is 0 Å². The summed E-state index contributed by atoms with van der Waals surface area (Å²) in [6, 6.07) is 9.23. The first-order valence-electron chi connectivity index (χ1n) is 8.57. The summed E-state index contributed by atoms with van der Waals surface area (Å²) in [6.07, 6.45) is -11.0. The van der Waals surface area contributed by atoms with Crippen molar-refractivity contribution >= 4 is 11.8 Å². The summed E-state index contributed by atoms with van der Waals surface area (Å²) in [5.74, 6) is 0. The molecule has 0 unspecified atom stereocenters. The monoisotopic (exact) mass is 404 g/mol. The second-order valence-corrected chi connectivity index (χ2v) is 7.66. The number of rotatable bonds is 5. The van der Waals surface area contributed by atoms with E-state index >= 15 is 0 Å². The highest BCUT2D eigenvalue weighted by atomic mass is 32.2. The zero-order valence-corrected chi connectivity index (χ0v) is 15.1. The van der Waals surface area contributed by atoms with Crippen LogP contribution in [0.25, 0.3) is 0 Å². The molecule has 0 bridgehead atoms. The molecule has 2 heterocycles. The third-order valence-electron chi connectivity index (χ3n) is 4.56. The molecule has 1 aromatic carbocycles. The van der Waals surface area contributed by atoms with Gasteiger partial charge >= 0.3 is 0 Å². The molecule has 0 radical (unpaired) electrons. The molecule has 2 fully saturated rings.